The SMILES string of the molecule is O=C(NC(C(O)CO)C(O)C(O)CO)c1ccccc1. The Morgan fingerprint density at radius 3 is 2.05 bits per heavy atom. The number of aliphatic hydroxyl groups is 5. The minimum absolute atomic E-state index is 0.299. The van der Waals surface area contributed by atoms with E-state index in [0.29, 0.717) is 5.56 Å². The lowest BCUT2D eigenvalue weighted by atomic mass is 10.00. The molecule has 1 rings (SSSR count). The fraction of sp³-hybridized carbons (Fsp3) is 0.462. The van der Waals surface area contributed by atoms with Crippen LogP contribution < -0.4 is 5.32 Å². The highest BCUT2D eigenvalue weighted by Gasteiger charge is 2.32. The minimum atomic E-state index is -1.62. The van der Waals surface area contributed by atoms with Crippen molar-refractivity contribution in [1.29, 1.82) is 0 Å². The molecule has 6 N–H and O–H groups in total. The van der Waals surface area contributed by atoms with E-state index in [1.807, 2.05) is 0 Å². The molecule has 112 valence electrons. The average molecular weight is 285 g/mol. The monoisotopic (exact) mass is 285 g/mol. The molecule has 1 aromatic carbocycles. The summed E-state index contributed by atoms with van der Waals surface area (Å²) in [5, 5.41) is 48.8. The maximum Gasteiger partial charge on any atom is 0.251 e. The van der Waals surface area contributed by atoms with E-state index in [0.717, 1.165) is 0 Å². The molecule has 1 amide bonds. The van der Waals surface area contributed by atoms with Gasteiger partial charge in [0.2, 0.25) is 0 Å². The van der Waals surface area contributed by atoms with Crippen LogP contribution in [-0.2, 0) is 0 Å². The molecule has 0 heterocycles. The predicted molar refractivity (Wildman–Crippen MR) is 69.9 cm³/mol. The lowest BCUT2D eigenvalue weighted by molar-refractivity contribution is -0.0639. The zero-order chi connectivity index (χ0) is 15.1. The Kier molecular flexibility index (Phi) is 6.56. The second-order valence-corrected chi connectivity index (χ2v) is 4.36. The Morgan fingerprint density at radius 2 is 1.55 bits per heavy atom. The van der Waals surface area contributed by atoms with E-state index in [9.17, 15) is 20.1 Å². The molecular weight excluding hydrogens is 266 g/mol. The molecule has 0 saturated carbocycles. The van der Waals surface area contributed by atoms with Gasteiger partial charge in [-0.1, -0.05) is 18.2 Å². The smallest absolute Gasteiger partial charge is 0.251 e. The van der Waals surface area contributed by atoms with Crippen LogP contribution in [0.2, 0.25) is 0 Å². The van der Waals surface area contributed by atoms with Crippen LogP contribution in [0.3, 0.4) is 0 Å². The molecule has 7 nitrogen and oxygen atoms in total. The number of nitrogens with one attached hydrogen (secondary N) is 1. The van der Waals surface area contributed by atoms with Gasteiger partial charge in [-0.3, -0.25) is 4.79 Å². The first-order valence-electron chi connectivity index (χ1n) is 6.13. The number of rotatable bonds is 7. The molecule has 4 atom stereocenters. The third-order valence-electron chi connectivity index (χ3n) is 2.88. The molecule has 0 fully saturated rings. The average Bonchev–Trinajstić information content (AvgIpc) is 2.50. The van der Waals surface area contributed by atoms with Crippen LogP contribution in [0.15, 0.2) is 30.3 Å². The van der Waals surface area contributed by atoms with Gasteiger partial charge in [-0.05, 0) is 12.1 Å². The number of amides is 1. The highest BCUT2D eigenvalue weighted by Crippen LogP contribution is 2.07. The maximum atomic E-state index is 11.9. The Bertz CT molecular complexity index is 413. The summed E-state index contributed by atoms with van der Waals surface area (Å²) in [7, 11) is 0. The van der Waals surface area contributed by atoms with Gasteiger partial charge in [-0.25, -0.2) is 0 Å². The molecule has 0 bridgehead atoms. The first kappa shape index (κ1) is 16.5. The standard InChI is InChI=1S/C13H19NO6/c15-6-9(17)11(12(19)10(18)7-16)14-13(20)8-4-2-1-3-5-8/h1-5,9-12,15-19H,6-7H2,(H,14,20). The normalized spacial score (nSPS) is 17.1. The fourth-order valence-corrected chi connectivity index (χ4v) is 1.69. The van der Waals surface area contributed by atoms with Gasteiger partial charge in [0.15, 0.2) is 0 Å². The molecule has 0 aromatic heterocycles. The van der Waals surface area contributed by atoms with Crippen molar-refractivity contribution in [3.05, 3.63) is 35.9 Å². The van der Waals surface area contributed by atoms with Gasteiger partial charge < -0.3 is 30.8 Å². The van der Waals surface area contributed by atoms with Crippen LogP contribution in [0, 0.1) is 0 Å². The molecule has 0 spiro atoms. The van der Waals surface area contributed by atoms with E-state index >= 15 is 0 Å². The second-order valence-electron chi connectivity index (χ2n) is 4.36. The van der Waals surface area contributed by atoms with Gasteiger partial charge in [-0.15, -0.1) is 0 Å². The third-order valence-corrected chi connectivity index (χ3v) is 2.88. The van der Waals surface area contributed by atoms with Crippen LogP contribution in [-0.4, -0.2) is 69.0 Å². The van der Waals surface area contributed by atoms with Gasteiger partial charge in [0.25, 0.3) is 5.91 Å². The largest absolute Gasteiger partial charge is 0.394 e. The lowest BCUT2D eigenvalue weighted by Gasteiger charge is -2.29. The molecule has 0 aliphatic carbocycles. The first-order chi connectivity index (χ1) is 9.51. The number of carbonyl (C=O) groups is 1. The van der Waals surface area contributed by atoms with Crippen LogP contribution >= 0.6 is 0 Å². The summed E-state index contributed by atoms with van der Waals surface area (Å²) in [6.07, 6.45) is -4.63. The Balaban J connectivity index is 2.82. The summed E-state index contributed by atoms with van der Waals surface area (Å²) in [6.45, 7) is -1.45. The van der Waals surface area contributed by atoms with E-state index in [1.165, 1.54) is 12.1 Å². The lowest BCUT2D eigenvalue weighted by Crippen LogP contribution is -2.56. The molecule has 7 heteroatoms. The van der Waals surface area contributed by atoms with E-state index in [2.05, 4.69) is 5.32 Å². The van der Waals surface area contributed by atoms with Crippen LogP contribution in [0.25, 0.3) is 0 Å². The van der Waals surface area contributed by atoms with Crippen molar-refractivity contribution in [3.8, 4) is 0 Å². The van der Waals surface area contributed by atoms with E-state index < -0.39 is 43.5 Å². The van der Waals surface area contributed by atoms with Crippen molar-refractivity contribution in [2.45, 2.75) is 24.4 Å². The topological polar surface area (TPSA) is 130 Å². The van der Waals surface area contributed by atoms with Crippen LogP contribution in [0.5, 0.6) is 0 Å². The Hall–Kier alpha value is -1.51. The van der Waals surface area contributed by atoms with Crippen molar-refractivity contribution in [2.75, 3.05) is 13.2 Å². The van der Waals surface area contributed by atoms with Crippen LogP contribution in [0.1, 0.15) is 10.4 Å². The van der Waals surface area contributed by atoms with Crippen molar-refractivity contribution in [3.63, 3.8) is 0 Å². The van der Waals surface area contributed by atoms with E-state index in [1.54, 1.807) is 18.2 Å². The summed E-state index contributed by atoms with van der Waals surface area (Å²) in [5.74, 6) is -0.577. The summed E-state index contributed by atoms with van der Waals surface area (Å²) < 4.78 is 0. The highest BCUT2D eigenvalue weighted by atomic mass is 16.4. The summed E-state index contributed by atoms with van der Waals surface area (Å²) in [4.78, 5) is 11.9. The Morgan fingerprint density at radius 1 is 1.00 bits per heavy atom. The maximum absolute atomic E-state index is 11.9. The molecule has 0 saturated heterocycles. The predicted octanol–water partition coefficient (Wildman–Crippen LogP) is -2.15. The highest BCUT2D eigenvalue weighted by molar-refractivity contribution is 5.94. The third kappa shape index (κ3) is 4.26. The van der Waals surface area contributed by atoms with Crippen molar-refractivity contribution in [1.82, 2.24) is 5.32 Å². The molecule has 0 radical (unpaired) electrons. The molecule has 0 aliphatic rings. The second kappa shape index (κ2) is 7.93. The first-order valence-corrected chi connectivity index (χ1v) is 6.13. The van der Waals surface area contributed by atoms with Crippen molar-refractivity contribution >= 4 is 5.91 Å². The summed E-state index contributed by atoms with van der Waals surface area (Å²) in [6, 6.07) is 6.77. The van der Waals surface area contributed by atoms with Gasteiger partial charge >= 0.3 is 0 Å². The van der Waals surface area contributed by atoms with E-state index in [4.69, 9.17) is 10.2 Å². The zero-order valence-corrected chi connectivity index (χ0v) is 10.8. The molecule has 0 aliphatic heterocycles. The number of hydrogen-bond acceptors (Lipinski definition) is 6. The molecular formula is C13H19NO6. The summed E-state index contributed by atoms with van der Waals surface area (Å²) in [5.41, 5.74) is 0.299. The van der Waals surface area contributed by atoms with Gasteiger partial charge in [0, 0.05) is 5.56 Å². The van der Waals surface area contributed by atoms with Gasteiger partial charge in [-0.2, -0.15) is 0 Å². The molecule has 20 heavy (non-hydrogen) atoms. The zero-order valence-electron chi connectivity index (χ0n) is 10.8. The van der Waals surface area contributed by atoms with Crippen molar-refractivity contribution in [2.24, 2.45) is 0 Å². The number of carbonyl (C=O) groups excluding carboxylic acids is 1. The number of hydrogen-bond donors (Lipinski definition) is 6. The quantitative estimate of drug-likeness (QED) is 0.339. The Labute approximate surface area is 116 Å². The van der Waals surface area contributed by atoms with Crippen molar-refractivity contribution < 1.29 is 30.3 Å². The minimum Gasteiger partial charge on any atom is -0.394 e. The van der Waals surface area contributed by atoms with Gasteiger partial charge in [0.05, 0.1) is 25.4 Å². The molecule has 4 unspecified atom stereocenters. The van der Waals surface area contributed by atoms with Gasteiger partial charge in [0.1, 0.15) is 12.2 Å². The van der Waals surface area contributed by atoms with E-state index in [-0.39, 0.29) is 0 Å². The van der Waals surface area contributed by atoms with Crippen LogP contribution in [0.4, 0.5) is 0 Å². The fourth-order valence-electron chi connectivity index (χ4n) is 1.69. The number of benzene rings is 1. The number of aliphatic hydroxyl groups excluding tert-OH is 5. The summed E-state index contributed by atoms with van der Waals surface area (Å²) >= 11 is 0. The molecule has 1 aromatic rings.